The highest BCUT2D eigenvalue weighted by molar-refractivity contribution is 5.42. The molecule has 1 fully saturated rings. The lowest BCUT2D eigenvalue weighted by Gasteiger charge is -2.23. The number of morpholine rings is 1. The maximum atomic E-state index is 5.58. The van der Waals surface area contributed by atoms with E-state index in [0.717, 1.165) is 50.9 Å². The number of benzene rings is 1. The van der Waals surface area contributed by atoms with E-state index in [1.807, 2.05) is 6.07 Å². The van der Waals surface area contributed by atoms with E-state index in [2.05, 4.69) is 24.0 Å². The van der Waals surface area contributed by atoms with Crippen LogP contribution in [0.15, 0.2) is 30.9 Å². The van der Waals surface area contributed by atoms with Crippen LogP contribution >= 0.6 is 0 Å². The second-order valence-electron chi connectivity index (χ2n) is 5.83. The summed E-state index contributed by atoms with van der Waals surface area (Å²) in [5.41, 5.74) is 1.26. The zero-order chi connectivity index (χ0) is 16.3. The molecule has 128 valence electrons. The molecular formula is C18H30N2O3+2. The Balaban J connectivity index is 1.69. The molecule has 0 amide bonds. The van der Waals surface area contributed by atoms with Crippen LogP contribution in [0.4, 0.5) is 0 Å². The van der Waals surface area contributed by atoms with Gasteiger partial charge >= 0.3 is 0 Å². The Labute approximate surface area is 139 Å². The SMILES string of the molecule is C=CCOc1ccc(C[NH2+]CCC[NH+]2CCOCC2)cc1OC. The van der Waals surface area contributed by atoms with Crippen LogP contribution < -0.4 is 19.7 Å². The quantitative estimate of drug-likeness (QED) is 0.456. The minimum Gasteiger partial charge on any atom is -0.493 e. The van der Waals surface area contributed by atoms with Crippen molar-refractivity contribution in [1.82, 2.24) is 0 Å². The highest BCUT2D eigenvalue weighted by Gasteiger charge is 2.13. The van der Waals surface area contributed by atoms with Gasteiger partial charge < -0.3 is 24.4 Å². The van der Waals surface area contributed by atoms with Crippen LogP contribution in [0.1, 0.15) is 12.0 Å². The van der Waals surface area contributed by atoms with E-state index in [-0.39, 0.29) is 0 Å². The number of nitrogens with one attached hydrogen (secondary N) is 1. The van der Waals surface area contributed by atoms with Crippen molar-refractivity contribution >= 4 is 0 Å². The summed E-state index contributed by atoms with van der Waals surface area (Å²) in [6.45, 7) is 11.7. The number of rotatable bonds is 10. The molecule has 1 saturated heterocycles. The van der Waals surface area contributed by atoms with Gasteiger partial charge in [-0.2, -0.15) is 0 Å². The predicted molar refractivity (Wildman–Crippen MR) is 90.2 cm³/mol. The third-order valence-corrected chi connectivity index (χ3v) is 4.10. The van der Waals surface area contributed by atoms with Gasteiger partial charge in [0.25, 0.3) is 0 Å². The summed E-state index contributed by atoms with van der Waals surface area (Å²) in [4.78, 5) is 1.68. The predicted octanol–water partition coefficient (Wildman–Crippen LogP) is -0.371. The summed E-state index contributed by atoms with van der Waals surface area (Å²) >= 11 is 0. The molecule has 0 bridgehead atoms. The molecule has 1 aromatic rings. The van der Waals surface area contributed by atoms with Gasteiger partial charge in [-0.3, -0.25) is 0 Å². The average molecular weight is 322 g/mol. The number of ether oxygens (including phenoxy) is 3. The van der Waals surface area contributed by atoms with E-state index in [1.54, 1.807) is 18.1 Å². The molecule has 0 spiro atoms. The van der Waals surface area contributed by atoms with E-state index >= 15 is 0 Å². The Hall–Kier alpha value is -1.56. The van der Waals surface area contributed by atoms with Crippen molar-refractivity contribution in [3.05, 3.63) is 36.4 Å². The van der Waals surface area contributed by atoms with Gasteiger partial charge in [0.15, 0.2) is 11.5 Å². The first kappa shape index (κ1) is 17.8. The van der Waals surface area contributed by atoms with Gasteiger partial charge in [0.05, 0.1) is 33.4 Å². The Bertz CT molecular complexity index is 473. The van der Waals surface area contributed by atoms with Crippen molar-refractivity contribution in [2.45, 2.75) is 13.0 Å². The zero-order valence-corrected chi connectivity index (χ0v) is 14.2. The number of methoxy groups -OCH3 is 1. The second-order valence-corrected chi connectivity index (χ2v) is 5.83. The van der Waals surface area contributed by atoms with Crippen molar-refractivity contribution in [3.8, 4) is 11.5 Å². The maximum absolute atomic E-state index is 5.58. The molecule has 0 atom stereocenters. The van der Waals surface area contributed by atoms with Crippen molar-refractivity contribution < 1.29 is 24.4 Å². The lowest BCUT2D eigenvalue weighted by atomic mass is 10.2. The topological polar surface area (TPSA) is 48.7 Å². The van der Waals surface area contributed by atoms with E-state index in [1.165, 1.54) is 18.5 Å². The molecule has 0 radical (unpaired) electrons. The molecule has 0 aliphatic carbocycles. The fraction of sp³-hybridized carbons (Fsp3) is 0.556. The fourth-order valence-electron chi connectivity index (χ4n) is 2.78. The molecule has 3 N–H and O–H groups in total. The zero-order valence-electron chi connectivity index (χ0n) is 14.2. The Kier molecular flexibility index (Phi) is 7.93. The molecular weight excluding hydrogens is 292 g/mol. The molecule has 5 heteroatoms. The molecule has 1 aliphatic heterocycles. The average Bonchev–Trinajstić information content (AvgIpc) is 2.61. The summed E-state index contributed by atoms with van der Waals surface area (Å²) in [6, 6.07) is 6.14. The van der Waals surface area contributed by atoms with Crippen LogP contribution in [-0.2, 0) is 11.3 Å². The molecule has 0 unspecified atom stereocenters. The lowest BCUT2D eigenvalue weighted by Crippen LogP contribution is -3.14. The monoisotopic (exact) mass is 322 g/mol. The van der Waals surface area contributed by atoms with Gasteiger partial charge in [0, 0.05) is 12.0 Å². The summed E-state index contributed by atoms with van der Waals surface area (Å²) in [5.74, 6) is 1.56. The minimum atomic E-state index is 0.492. The first-order valence-electron chi connectivity index (χ1n) is 8.47. The first-order chi connectivity index (χ1) is 11.3. The van der Waals surface area contributed by atoms with Crippen molar-refractivity contribution in [3.63, 3.8) is 0 Å². The normalized spacial score (nSPS) is 15.3. The standard InChI is InChI=1S/C18H28N2O3/c1-3-11-23-17-6-5-16(14-18(17)21-2)15-19-7-4-8-20-9-12-22-13-10-20/h3,5-6,14,19H,1,4,7-13,15H2,2H3/p+2. The van der Waals surface area contributed by atoms with Gasteiger partial charge in [-0.1, -0.05) is 12.7 Å². The summed E-state index contributed by atoms with van der Waals surface area (Å²) < 4.78 is 16.4. The minimum absolute atomic E-state index is 0.492. The smallest absolute Gasteiger partial charge is 0.161 e. The van der Waals surface area contributed by atoms with Gasteiger partial charge in [-0.15, -0.1) is 0 Å². The van der Waals surface area contributed by atoms with Crippen LogP contribution in [0, 0.1) is 0 Å². The van der Waals surface area contributed by atoms with Crippen molar-refractivity contribution in [2.24, 2.45) is 0 Å². The van der Waals surface area contributed by atoms with E-state index < -0.39 is 0 Å². The molecule has 1 aromatic carbocycles. The molecule has 1 aliphatic rings. The fourth-order valence-corrected chi connectivity index (χ4v) is 2.78. The van der Waals surface area contributed by atoms with Crippen molar-refractivity contribution in [1.29, 1.82) is 0 Å². The molecule has 2 rings (SSSR count). The Morgan fingerprint density at radius 2 is 2.13 bits per heavy atom. The highest BCUT2D eigenvalue weighted by Crippen LogP contribution is 2.27. The van der Waals surface area contributed by atoms with Gasteiger partial charge in [0.1, 0.15) is 26.2 Å². The number of quaternary nitrogens is 2. The summed E-state index contributed by atoms with van der Waals surface area (Å²) in [6.07, 6.45) is 2.98. The Morgan fingerprint density at radius 1 is 1.30 bits per heavy atom. The summed E-state index contributed by atoms with van der Waals surface area (Å²) in [5, 5.41) is 2.36. The van der Waals surface area contributed by atoms with Crippen LogP contribution in [0.5, 0.6) is 11.5 Å². The number of hydrogen-bond acceptors (Lipinski definition) is 3. The number of nitrogens with two attached hydrogens (primary N) is 1. The second kappa shape index (κ2) is 10.3. The van der Waals surface area contributed by atoms with E-state index in [9.17, 15) is 0 Å². The van der Waals surface area contributed by atoms with Gasteiger partial charge in [0.2, 0.25) is 0 Å². The molecule has 23 heavy (non-hydrogen) atoms. The third-order valence-electron chi connectivity index (χ3n) is 4.10. The molecule has 5 nitrogen and oxygen atoms in total. The largest absolute Gasteiger partial charge is 0.493 e. The van der Waals surface area contributed by atoms with Crippen molar-refractivity contribution in [2.75, 3.05) is 53.1 Å². The van der Waals surface area contributed by atoms with Crippen LogP contribution in [0.3, 0.4) is 0 Å². The molecule has 0 aromatic heterocycles. The first-order valence-corrected chi connectivity index (χ1v) is 8.47. The molecule has 0 saturated carbocycles. The van der Waals surface area contributed by atoms with Crippen LogP contribution in [0.2, 0.25) is 0 Å². The third kappa shape index (κ3) is 6.22. The van der Waals surface area contributed by atoms with E-state index in [4.69, 9.17) is 14.2 Å². The molecule has 1 heterocycles. The maximum Gasteiger partial charge on any atom is 0.161 e. The van der Waals surface area contributed by atoms with Gasteiger partial charge in [-0.05, 0) is 18.2 Å². The highest BCUT2D eigenvalue weighted by atomic mass is 16.5. The van der Waals surface area contributed by atoms with Crippen LogP contribution in [0.25, 0.3) is 0 Å². The van der Waals surface area contributed by atoms with Crippen LogP contribution in [-0.4, -0.2) is 53.1 Å². The van der Waals surface area contributed by atoms with Gasteiger partial charge in [-0.25, -0.2) is 0 Å². The van der Waals surface area contributed by atoms with E-state index in [0.29, 0.717) is 6.61 Å². The lowest BCUT2D eigenvalue weighted by molar-refractivity contribution is -0.909. The summed E-state index contributed by atoms with van der Waals surface area (Å²) in [7, 11) is 1.68. The Morgan fingerprint density at radius 3 is 2.87 bits per heavy atom. The number of hydrogen-bond donors (Lipinski definition) is 2.